The number of amides is 1. The summed E-state index contributed by atoms with van der Waals surface area (Å²) in [5.74, 6) is -1.23. The van der Waals surface area contributed by atoms with Gasteiger partial charge in [0, 0.05) is 32.2 Å². The number of carboxylic acid groups (broad SMARTS) is 2. The first-order chi connectivity index (χ1) is 26.6. The van der Waals surface area contributed by atoms with Crippen LogP contribution in [0.25, 0.3) is 0 Å². The molecule has 0 bridgehead atoms. The van der Waals surface area contributed by atoms with E-state index in [9.17, 15) is 19.2 Å². The molecule has 0 aromatic heterocycles. The van der Waals surface area contributed by atoms with Crippen LogP contribution in [0.4, 0.5) is 0 Å². The molecule has 0 heterocycles. The molecular weight excluding hydrogens is 807 g/mol. The molecule has 0 aromatic carbocycles. The maximum absolute atomic E-state index is 12.1. The number of Topliss-reactive ketones (excluding diaryl/α,β-unsaturated/α-hetero) is 1. The molecule has 0 unspecified atom stereocenters. The number of aliphatic carboxylic acids is 2. The topological polar surface area (TPSA) is 121 Å². The van der Waals surface area contributed by atoms with Crippen LogP contribution in [-0.4, -0.2) is 77.9 Å². The highest BCUT2D eigenvalue weighted by Crippen LogP contribution is 2.16. The Morgan fingerprint density at radius 3 is 1.00 bits per heavy atom. The van der Waals surface area contributed by atoms with E-state index in [0.717, 1.165) is 83.5 Å². The molecule has 0 aliphatic rings. The van der Waals surface area contributed by atoms with Gasteiger partial charge in [-0.1, -0.05) is 194 Å². The van der Waals surface area contributed by atoms with Gasteiger partial charge in [-0.25, -0.2) is 0 Å². The minimum absolute atomic E-state index is 0.0926. The quantitative estimate of drug-likeness (QED) is 0.0407. The molecule has 0 radical (unpaired) electrons. The first kappa shape index (κ1) is 61.8. The van der Waals surface area contributed by atoms with Crippen molar-refractivity contribution in [3.8, 4) is 0 Å². The number of carbonyl (C=O) groups is 4. The number of carbonyl (C=O) groups excluding carboxylic acids is 2. The van der Waals surface area contributed by atoms with E-state index in [1.807, 2.05) is 0 Å². The molecular formula is C42H85NO6S6. The Balaban J connectivity index is -0.000000937. The summed E-state index contributed by atoms with van der Waals surface area (Å²) in [6.45, 7) is 2.35. The molecule has 1 atom stereocenters. The van der Waals surface area contributed by atoms with Crippen LogP contribution < -0.4 is 5.32 Å². The number of hydrogen-bond acceptors (Lipinski definition) is 10. The molecule has 0 aliphatic heterocycles. The predicted octanol–water partition coefficient (Wildman–Crippen LogP) is 14.7. The zero-order valence-corrected chi connectivity index (χ0v) is 41.2. The van der Waals surface area contributed by atoms with Crippen LogP contribution in [0.15, 0.2) is 0 Å². The average Bonchev–Trinajstić information content (AvgIpc) is 3.18. The van der Waals surface area contributed by atoms with Gasteiger partial charge in [0.2, 0.25) is 5.91 Å². The summed E-state index contributed by atoms with van der Waals surface area (Å²) in [6, 6.07) is 0. The lowest BCUT2D eigenvalue weighted by molar-refractivity contribution is -0.141. The molecule has 0 spiro atoms. The first-order valence-electron chi connectivity index (χ1n) is 21.0. The second-order valence-corrected chi connectivity index (χ2v) is 21.8. The Morgan fingerprint density at radius 2 is 0.709 bits per heavy atom. The summed E-state index contributed by atoms with van der Waals surface area (Å²) in [6.07, 6.45) is 43.1. The number of carboxylic acids is 2. The van der Waals surface area contributed by atoms with Crippen LogP contribution in [0.1, 0.15) is 193 Å². The number of nitrogens with one attached hydrogen (secondary N) is 1. The third-order valence-electron chi connectivity index (χ3n) is 9.01. The molecule has 0 saturated carbocycles. The minimum Gasteiger partial charge on any atom is -0.481 e. The molecule has 3 N–H and O–H groups in total. The van der Waals surface area contributed by atoms with Gasteiger partial charge in [-0.05, 0) is 76.1 Å². The Morgan fingerprint density at radius 1 is 0.418 bits per heavy atom. The Kier molecular flexibility index (Phi) is 63.3. The normalized spacial score (nSPS) is 10.9. The van der Waals surface area contributed by atoms with Crippen LogP contribution in [0.5, 0.6) is 0 Å². The fourth-order valence-electron chi connectivity index (χ4n) is 5.53. The van der Waals surface area contributed by atoms with E-state index in [4.69, 9.17) is 10.2 Å². The van der Waals surface area contributed by atoms with E-state index in [1.54, 1.807) is 71.7 Å². The van der Waals surface area contributed by atoms with Crippen LogP contribution in [0, 0.1) is 5.92 Å². The summed E-state index contributed by atoms with van der Waals surface area (Å²) in [7, 11) is 10.6. The first-order valence-corrected chi connectivity index (χ1v) is 29.9. The molecule has 7 nitrogen and oxygen atoms in total. The van der Waals surface area contributed by atoms with E-state index >= 15 is 0 Å². The van der Waals surface area contributed by atoms with Gasteiger partial charge in [-0.3, -0.25) is 19.2 Å². The lowest BCUT2D eigenvalue weighted by atomic mass is 10.0. The van der Waals surface area contributed by atoms with Crippen LogP contribution in [0.3, 0.4) is 0 Å². The van der Waals surface area contributed by atoms with Gasteiger partial charge in [0.1, 0.15) is 5.78 Å². The molecule has 0 fully saturated rings. The van der Waals surface area contributed by atoms with Gasteiger partial charge >= 0.3 is 11.9 Å². The fourth-order valence-corrected chi connectivity index (χ4v) is 5.53. The van der Waals surface area contributed by atoms with Crippen molar-refractivity contribution in [2.45, 2.75) is 193 Å². The summed E-state index contributed by atoms with van der Waals surface area (Å²) in [5, 5.41) is 20.4. The van der Waals surface area contributed by atoms with Gasteiger partial charge in [0.25, 0.3) is 0 Å². The minimum atomic E-state index is -0.756. The number of unbranched alkanes of at least 4 members (excludes halogenated alkanes) is 21. The van der Waals surface area contributed by atoms with Gasteiger partial charge in [0.05, 0.1) is 5.92 Å². The van der Waals surface area contributed by atoms with Crippen molar-refractivity contribution in [1.29, 1.82) is 0 Å². The van der Waals surface area contributed by atoms with Crippen molar-refractivity contribution in [3.05, 3.63) is 0 Å². The van der Waals surface area contributed by atoms with Gasteiger partial charge in [0.15, 0.2) is 0 Å². The Bertz CT molecular complexity index is 797. The second-order valence-electron chi connectivity index (χ2n) is 13.8. The second kappa shape index (κ2) is 56.3. The molecule has 0 saturated heterocycles. The predicted molar refractivity (Wildman–Crippen MR) is 257 cm³/mol. The Labute approximate surface area is 363 Å². The SMILES string of the molecule is CSSC.CSSC.CSSC.C[C@@H](CCCCNC(=O)CCCCCCCCC(=O)CCCCCCCCCCCCCCCCCCC(=O)O)C(=O)O. The molecule has 0 aromatic rings. The van der Waals surface area contributed by atoms with Crippen molar-refractivity contribution in [2.24, 2.45) is 5.92 Å². The Hall–Kier alpha value is 0.180. The zero-order valence-electron chi connectivity index (χ0n) is 36.3. The summed E-state index contributed by atoms with van der Waals surface area (Å²) in [4.78, 5) is 45.3. The summed E-state index contributed by atoms with van der Waals surface area (Å²) >= 11 is 0. The number of hydrogen-bond donors (Lipinski definition) is 3. The molecule has 55 heavy (non-hydrogen) atoms. The van der Waals surface area contributed by atoms with Crippen molar-refractivity contribution >= 4 is 88.4 Å². The van der Waals surface area contributed by atoms with E-state index in [-0.39, 0.29) is 11.8 Å². The van der Waals surface area contributed by atoms with E-state index in [2.05, 4.69) is 42.9 Å². The lowest BCUT2D eigenvalue weighted by Gasteiger charge is -2.07. The van der Waals surface area contributed by atoms with Gasteiger partial charge in [-0.2, -0.15) is 0 Å². The van der Waals surface area contributed by atoms with E-state index in [0.29, 0.717) is 31.6 Å². The van der Waals surface area contributed by atoms with Crippen molar-refractivity contribution < 1.29 is 29.4 Å². The molecule has 0 rings (SSSR count). The average molecular weight is 893 g/mol. The smallest absolute Gasteiger partial charge is 0.306 e. The summed E-state index contributed by atoms with van der Waals surface area (Å²) < 4.78 is 0. The molecule has 330 valence electrons. The standard InChI is InChI=1S/C36H67NO6.3C2H6S2/c1-32(36(42)43)26-24-25-31-37-34(39)29-22-18-15-14-17-21-28-33(38)27-20-16-12-10-8-6-4-2-3-5-7-9-11-13-19-23-30-35(40)41;3*1-3-4-2/h32H,2-31H2,1H3,(H,37,39)(H,40,41)(H,42,43);3*1-2H3/t32-;;;/m0.../s1. The van der Waals surface area contributed by atoms with E-state index in [1.165, 1.54) is 83.5 Å². The monoisotopic (exact) mass is 891 g/mol. The highest BCUT2D eigenvalue weighted by atomic mass is 33.1. The maximum atomic E-state index is 12.1. The lowest BCUT2D eigenvalue weighted by Crippen LogP contribution is -2.24. The van der Waals surface area contributed by atoms with Crippen LogP contribution in [-0.2, 0) is 19.2 Å². The van der Waals surface area contributed by atoms with Crippen molar-refractivity contribution in [2.75, 3.05) is 44.1 Å². The fraction of sp³-hybridized carbons (Fsp3) is 0.905. The molecule has 13 heteroatoms. The number of rotatable bonds is 37. The molecule has 1 amide bonds. The third kappa shape index (κ3) is 66.3. The van der Waals surface area contributed by atoms with Gasteiger partial charge in [-0.15, -0.1) is 0 Å². The highest BCUT2D eigenvalue weighted by Gasteiger charge is 2.10. The zero-order chi connectivity index (χ0) is 42.0. The molecule has 0 aliphatic carbocycles. The largest absolute Gasteiger partial charge is 0.481 e. The van der Waals surface area contributed by atoms with Crippen molar-refractivity contribution in [3.63, 3.8) is 0 Å². The number of ketones is 1. The van der Waals surface area contributed by atoms with Crippen molar-refractivity contribution in [1.82, 2.24) is 5.32 Å². The summed E-state index contributed by atoms with van der Waals surface area (Å²) in [5.41, 5.74) is 0. The van der Waals surface area contributed by atoms with Crippen LogP contribution >= 0.6 is 64.8 Å². The maximum Gasteiger partial charge on any atom is 0.306 e. The third-order valence-corrected chi connectivity index (χ3v) is 13.0. The highest BCUT2D eigenvalue weighted by molar-refractivity contribution is 8.76. The van der Waals surface area contributed by atoms with E-state index < -0.39 is 11.9 Å². The van der Waals surface area contributed by atoms with Crippen LogP contribution in [0.2, 0.25) is 0 Å². The van der Waals surface area contributed by atoms with Gasteiger partial charge < -0.3 is 15.5 Å².